The maximum atomic E-state index is 12.7. The van der Waals surface area contributed by atoms with Gasteiger partial charge in [0.1, 0.15) is 0 Å². The molecule has 1 N–H and O–H groups in total. The lowest BCUT2D eigenvalue weighted by molar-refractivity contribution is -0.133. The zero-order chi connectivity index (χ0) is 18.0. The molecular weight excluding hydrogens is 360 g/mol. The van der Waals surface area contributed by atoms with Gasteiger partial charge in [-0.3, -0.25) is 4.79 Å². The van der Waals surface area contributed by atoms with E-state index in [1.54, 1.807) is 24.0 Å². The molecule has 1 atom stereocenters. The number of rotatable bonds is 4. The minimum Gasteiger partial charge on any atom is -0.337 e. The minimum absolute atomic E-state index is 0.0450. The largest absolute Gasteiger partial charge is 0.337 e. The van der Waals surface area contributed by atoms with E-state index < -0.39 is 16.1 Å². The Morgan fingerprint density at radius 3 is 2.60 bits per heavy atom. The van der Waals surface area contributed by atoms with E-state index in [0.29, 0.717) is 18.1 Å². The van der Waals surface area contributed by atoms with Crippen LogP contribution in [0.2, 0.25) is 5.02 Å². The van der Waals surface area contributed by atoms with E-state index in [1.165, 1.54) is 17.7 Å². The standard InChI is InChI=1S/C18H19ClN2O3S/c1-13(20-25(23,24)17-8-4-7-16(19)11-17)18(22)21-10-9-14-5-2-3-6-15(14)12-21/h2-8,11,13,20H,9-10,12H2,1H3/t13-/m0/s1. The minimum atomic E-state index is -3.81. The lowest BCUT2D eigenvalue weighted by atomic mass is 9.99. The van der Waals surface area contributed by atoms with Gasteiger partial charge in [-0.15, -0.1) is 0 Å². The quantitative estimate of drug-likeness (QED) is 0.889. The van der Waals surface area contributed by atoms with Gasteiger partial charge in [0, 0.05) is 18.1 Å². The number of sulfonamides is 1. The Labute approximate surface area is 152 Å². The normalized spacial score (nSPS) is 15.5. The summed E-state index contributed by atoms with van der Waals surface area (Å²) >= 11 is 5.85. The molecule has 0 unspecified atom stereocenters. The van der Waals surface area contributed by atoms with Gasteiger partial charge in [0.05, 0.1) is 10.9 Å². The third-order valence-electron chi connectivity index (χ3n) is 4.25. The van der Waals surface area contributed by atoms with Gasteiger partial charge >= 0.3 is 0 Å². The lowest BCUT2D eigenvalue weighted by Gasteiger charge is -2.31. The molecule has 1 amide bonds. The first-order valence-electron chi connectivity index (χ1n) is 8.00. The maximum Gasteiger partial charge on any atom is 0.241 e. The Kier molecular flexibility index (Phi) is 5.13. The van der Waals surface area contributed by atoms with Crippen LogP contribution in [0.3, 0.4) is 0 Å². The molecule has 0 fully saturated rings. The maximum absolute atomic E-state index is 12.7. The Morgan fingerprint density at radius 2 is 1.88 bits per heavy atom. The Balaban J connectivity index is 1.71. The highest BCUT2D eigenvalue weighted by Crippen LogP contribution is 2.20. The highest BCUT2D eigenvalue weighted by molar-refractivity contribution is 7.89. The number of hydrogen-bond acceptors (Lipinski definition) is 3. The smallest absolute Gasteiger partial charge is 0.241 e. The number of nitrogens with zero attached hydrogens (tertiary/aromatic N) is 1. The van der Waals surface area contributed by atoms with Crippen LogP contribution in [0.5, 0.6) is 0 Å². The fourth-order valence-electron chi connectivity index (χ4n) is 2.94. The van der Waals surface area contributed by atoms with Crippen molar-refractivity contribution in [2.45, 2.75) is 30.8 Å². The van der Waals surface area contributed by atoms with Crippen LogP contribution in [0.15, 0.2) is 53.4 Å². The highest BCUT2D eigenvalue weighted by atomic mass is 35.5. The number of nitrogens with one attached hydrogen (secondary N) is 1. The predicted molar refractivity (Wildman–Crippen MR) is 96.8 cm³/mol. The number of benzene rings is 2. The van der Waals surface area contributed by atoms with Crippen molar-refractivity contribution < 1.29 is 13.2 Å². The van der Waals surface area contributed by atoms with E-state index in [2.05, 4.69) is 10.8 Å². The molecule has 0 aliphatic carbocycles. The number of hydrogen-bond donors (Lipinski definition) is 1. The van der Waals surface area contributed by atoms with Gasteiger partial charge in [0.25, 0.3) is 0 Å². The van der Waals surface area contributed by atoms with Gasteiger partial charge in [-0.05, 0) is 42.7 Å². The number of fused-ring (bicyclic) bond motifs is 1. The summed E-state index contributed by atoms with van der Waals surface area (Å²) in [6.07, 6.45) is 0.773. The molecule has 7 heteroatoms. The van der Waals surface area contributed by atoms with Crippen LogP contribution in [0.4, 0.5) is 0 Å². The number of halogens is 1. The van der Waals surface area contributed by atoms with Crippen molar-refractivity contribution in [3.8, 4) is 0 Å². The van der Waals surface area contributed by atoms with Crippen molar-refractivity contribution in [2.24, 2.45) is 0 Å². The van der Waals surface area contributed by atoms with Crippen molar-refractivity contribution in [3.05, 3.63) is 64.7 Å². The van der Waals surface area contributed by atoms with Crippen LogP contribution >= 0.6 is 11.6 Å². The summed E-state index contributed by atoms with van der Waals surface area (Å²) in [4.78, 5) is 14.4. The molecule has 0 aromatic heterocycles. The van der Waals surface area contributed by atoms with E-state index in [-0.39, 0.29) is 10.8 Å². The molecule has 0 spiro atoms. The fraction of sp³-hybridized carbons (Fsp3) is 0.278. The van der Waals surface area contributed by atoms with E-state index >= 15 is 0 Å². The fourth-order valence-corrected chi connectivity index (χ4v) is 4.44. The van der Waals surface area contributed by atoms with Crippen molar-refractivity contribution >= 4 is 27.5 Å². The molecule has 0 radical (unpaired) electrons. The summed E-state index contributed by atoms with van der Waals surface area (Å²) in [6.45, 7) is 2.64. The lowest BCUT2D eigenvalue weighted by Crippen LogP contribution is -2.48. The van der Waals surface area contributed by atoms with Crippen LogP contribution in [-0.2, 0) is 27.8 Å². The molecule has 5 nitrogen and oxygen atoms in total. The summed E-state index contributed by atoms with van der Waals surface area (Å²) in [5.74, 6) is -0.236. The predicted octanol–water partition coefficient (Wildman–Crippen LogP) is 2.59. The molecule has 0 saturated heterocycles. The first-order valence-corrected chi connectivity index (χ1v) is 9.86. The third kappa shape index (κ3) is 4.03. The highest BCUT2D eigenvalue weighted by Gasteiger charge is 2.28. The van der Waals surface area contributed by atoms with Crippen LogP contribution in [0.1, 0.15) is 18.1 Å². The topological polar surface area (TPSA) is 66.5 Å². The second-order valence-electron chi connectivity index (χ2n) is 6.08. The van der Waals surface area contributed by atoms with Crippen molar-refractivity contribution in [2.75, 3.05) is 6.54 Å². The van der Waals surface area contributed by atoms with Crippen LogP contribution in [-0.4, -0.2) is 31.8 Å². The molecule has 2 aromatic carbocycles. The Bertz CT molecular complexity index is 899. The summed E-state index contributed by atoms with van der Waals surface area (Å²) in [6, 6.07) is 13.1. The average molecular weight is 379 g/mol. The monoisotopic (exact) mass is 378 g/mol. The van der Waals surface area contributed by atoms with E-state index in [4.69, 9.17) is 11.6 Å². The van der Waals surface area contributed by atoms with E-state index in [9.17, 15) is 13.2 Å². The van der Waals surface area contributed by atoms with Crippen molar-refractivity contribution in [1.82, 2.24) is 9.62 Å². The SMILES string of the molecule is C[C@H](NS(=O)(=O)c1cccc(Cl)c1)C(=O)N1CCc2ccccc2C1. The number of carbonyl (C=O) groups excluding carboxylic acids is 1. The summed E-state index contributed by atoms with van der Waals surface area (Å²) < 4.78 is 27.3. The molecular formula is C18H19ClN2O3S. The third-order valence-corrected chi connectivity index (χ3v) is 6.02. The van der Waals surface area contributed by atoms with Crippen molar-refractivity contribution in [1.29, 1.82) is 0 Å². The van der Waals surface area contributed by atoms with Gasteiger partial charge in [-0.2, -0.15) is 4.72 Å². The Morgan fingerprint density at radius 1 is 1.16 bits per heavy atom. The summed E-state index contributed by atoms with van der Waals surface area (Å²) in [5, 5.41) is 0.328. The molecule has 3 rings (SSSR count). The van der Waals surface area contributed by atoms with Crippen LogP contribution < -0.4 is 4.72 Å². The molecule has 1 heterocycles. The molecule has 132 valence electrons. The molecule has 0 saturated carbocycles. The van der Waals surface area contributed by atoms with Crippen molar-refractivity contribution in [3.63, 3.8) is 0 Å². The molecule has 1 aliphatic heterocycles. The zero-order valence-corrected chi connectivity index (χ0v) is 15.3. The molecule has 25 heavy (non-hydrogen) atoms. The van der Waals surface area contributed by atoms with E-state index in [1.807, 2.05) is 18.2 Å². The molecule has 2 aromatic rings. The first kappa shape index (κ1) is 17.9. The molecule has 0 bridgehead atoms. The van der Waals surface area contributed by atoms with E-state index in [0.717, 1.165) is 12.0 Å². The second-order valence-corrected chi connectivity index (χ2v) is 8.23. The summed E-state index contributed by atoms with van der Waals surface area (Å²) in [5.41, 5.74) is 2.34. The van der Waals surface area contributed by atoms with Crippen LogP contribution in [0, 0.1) is 0 Å². The van der Waals surface area contributed by atoms with Gasteiger partial charge in [0.2, 0.25) is 15.9 Å². The zero-order valence-electron chi connectivity index (χ0n) is 13.8. The number of carbonyl (C=O) groups is 1. The average Bonchev–Trinajstić information content (AvgIpc) is 2.60. The molecule has 1 aliphatic rings. The number of amides is 1. The van der Waals surface area contributed by atoms with Crippen LogP contribution in [0.25, 0.3) is 0 Å². The Hall–Kier alpha value is -1.89. The summed E-state index contributed by atoms with van der Waals surface area (Å²) in [7, 11) is -3.81. The van der Waals surface area contributed by atoms with Gasteiger partial charge in [-0.25, -0.2) is 8.42 Å². The van der Waals surface area contributed by atoms with Gasteiger partial charge < -0.3 is 4.90 Å². The van der Waals surface area contributed by atoms with Gasteiger partial charge in [-0.1, -0.05) is 41.9 Å². The first-order chi connectivity index (χ1) is 11.9. The second kappa shape index (κ2) is 7.15. The van der Waals surface area contributed by atoms with Gasteiger partial charge in [0.15, 0.2) is 0 Å².